The second-order valence-electron chi connectivity index (χ2n) is 4.39. The number of allylic oxidation sites excluding steroid dienone is 2. The third kappa shape index (κ3) is 3.02. The van der Waals surface area contributed by atoms with Crippen molar-refractivity contribution in [2.45, 2.75) is 39.0 Å². The van der Waals surface area contributed by atoms with Crippen LogP contribution in [0.4, 0.5) is 0 Å². The van der Waals surface area contributed by atoms with Crippen LogP contribution >= 0.6 is 0 Å². The number of ketones is 1. The summed E-state index contributed by atoms with van der Waals surface area (Å²) < 4.78 is 0. The molecular weight excluding hydrogens is 198 g/mol. The van der Waals surface area contributed by atoms with Crippen molar-refractivity contribution >= 4 is 5.78 Å². The Kier molecular flexibility index (Phi) is 3.50. The summed E-state index contributed by atoms with van der Waals surface area (Å²) in [4.78, 5) is 15.7. The Morgan fingerprint density at radius 1 is 1.25 bits per heavy atom. The number of aryl methyl sites for hydroxylation is 2. The fourth-order valence-corrected chi connectivity index (χ4v) is 2.09. The summed E-state index contributed by atoms with van der Waals surface area (Å²) >= 11 is 0. The molecule has 0 fully saturated rings. The first-order valence-electron chi connectivity index (χ1n) is 5.89. The molecule has 2 nitrogen and oxygen atoms in total. The Bertz CT molecular complexity index is 420. The number of nitrogens with zero attached hydrogens (tertiary/aromatic N) is 1. The van der Waals surface area contributed by atoms with Crippen molar-refractivity contribution in [1.82, 2.24) is 4.98 Å². The van der Waals surface area contributed by atoms with Crippen LogP contribution in [0.2, 0.25) is 0 Å². The summed E-state index contributed by atoms with van der Waals surface area (Å²) in [6.45, 7) is 2.01. The third-order valence-electron chi connectivity index (χ3n) is 2.93. The average Bonchev–Trinajstić information content (AvgIpc) is 2.27. The molecule has 84 valence electrons. The predicted octanol–water partition coefficient (Wildman–Crippen LogP) is 3.00. The van der Waals surface area contributed by atoms with Gasteiger partial charge in [-0.15, -0.1) is 0 Å². The van der Waals surface area contributed by atoms with E-state index in [0.717, 1.165) is 43.5 Å². The van der Waals surface area contributed by atoms with E-state index in [-0.39, 0.29) is 0 Å². The van der Waals surface area contributed by atoms with Gasteiger partial charge in [-0.3, -0.25) is 9.78 Å². The second-order valence-corrected chi connectivity index (χ2v) is 4.39. The maximum absolute atomic E-state index is 11.2. The lowest BCUT2D eigenvalue weighted by atomic mass is 9.95. The van der Waals surface area contributed by atoms with E-state index >= 15 is 0 Å². The molecule has 1 aromatic rings. The Morgan fingerprint density at radius 2 is 2.12 bits per heavy atom. The molecule has 1 aliphatic carbocycles. The topological polar surface area (TPSA) is 30.0 Å². The highest BCUT2D eigenvalue weighted by Gasteiger charge is 2.09. The molecule has 16 heavy (non-hydrogen) atoms. The number of hydrogen-bond acceptors (Lipinski definition) is 2. The van der Waals surface area contributed by atoms with Crippen LogP contribution in [-0.4, -0.2) is 10.8 Å². The lowest BCUT2D eigenvalue weighted by Gasteiger charge is -2.11. The Hall–Kier alpha value is -1.44. The summed E-state index contributed by atoms with van der Waals surface area (Å²) in [6.07, 6.45) is 6.58. The molecule has 0 atom stereocenters. The van der Waals surface area contributed by atoms with Gasteiger partial charge in [-0.25, -0.2) is 0 Å². The zero-order valence-electron chi connectivity index (χ0n) is 9.70. The lowest BCUT2D eigenvalue weighted by Crippen LogP contribution is -2.04. The second kappa shape index (κ2) is 5.06. The molecule has 0 spiro atoms. The van der Waals surface area contributed by atoms with Gasteiger partial charge in [0.25, 0.3) is 0 Å². The van der Waals surface area contributed by atoms with Crippen LogP contribution < -0.4 is 0 Å². The summed E-state index contributed by atoms with van der Waals surface area (Å²) in [7, 11) is 0. The van der Waals surface area contributed by atoms with Crippen LogP contribution in [0.25, 0.3) is 0 Å². The average molecular weight is 215 g/mol. The van der Waals surface area contributed by atoms with Gasteiger partial charge in [0, 0.05) is 17.8 Å². The molecule has 0 radical (unpaired) electrons. The van der Waals surface area contributed by atoms with Crippen molar-refractivity contribution in [1.29, 1.82) is 0 Å². The van der Waals surface area contributed by atoms with Gasteiger partial charge in [0.2, 0.25) is 0 Å². The van der Waals surface area contributed by atoms with Crippen LogP contribution in [0.15, 0.2) is 29.8 Å². The first-order chi connectivity index (χ1) is 7.74. The van der Waals surface area contributed by atoms with Gasteiger partial charge in [0.1, 0.15) is 0 Å². The fourth-order valence-electron chi connectivity index (χ4n) is 2.09. The Morgan fingerprint density at radius 3 is 2.88 bits per heavy atom. The van der Waals surface area contributed by atoms with Crippen LogP contribution in [0.3, 0.4) is 0 Å². The number of pyridine rings is 1. The molecule has 0 unspecified atom stereocenters. The quantitative estimate of drug-likeness (QED) is 0.775. The van der Waals surface area contributed by atoms with Crippen molar-refractivity contribution in [2.24, 2.45) is 0 Å². The van der Waals surface area contributed by atoms with E-state index in [2.05, 4.69) is 11.1 Å². The number of rotatable bonds is 3. The SMILES string of the molecule is Cc1cccc(CCC2=CC(=O)CCC2)n1. The largest absolute Gasteiger partial charge is 0.295 e. The van der Waals surface area contributed by atoms with Crippen molar-refractivity contribution in [3.05, 3.63) is 41.2 Å². The minimum Gasteiger partial charge on any atom is -0.295 e. The first-order valence-corrected chi connectivity index (χ1v) is 5.89. The molecule has 0 saturated heterocycles. The molecule has 0 aromatic carbocycles. The van der Waals surface area contributed by atoms with Crippen molar-refractivity contribution in [2.75, 3.05) is 0 Å². The smallest absolute Gasteiger partial charge is 0.155 e. The Balaban J connectivity index is 1.94. The normalized spacial score (nSPS) is 16.1. The van der Waals surface area contributed by atoms with Crippen LogP contribution in [0, 0.1) is 6.92 Å². The fraction of sp³-hybridized carbons (Fsp3) is 0.429. The van der Waals surface area contributed by atoms with Gasteiger partial charge in [-0.2, -0.15) is 0 Å². The molecular formula is C14H17NO. The molecule has 2 rings (SSSR count). The number of carbonyl (C=O) groups excluding carboxylic acids is 1. The van der Waals surface area contributed by atoms with Gasteiger partial charge in [0.05, 0.1) is 0 Å². The summed E-state index contributed by atoms with van der Waals surface area (Å²) in [5, 5.41) is 0. The summed E-state index contributed by atoms with van der Waals surface area (Å²) in [6, 6.07) is 6.10. The molecule has 1 aromatic heterocycles. The molecule has 2 heteroatoms. The van der Waals surface area contributed by atoms with Gasteiger partial charge in [-0.1, -0.05) is 11.6 Å². The van der Waals surface area contributed by atoms with E-state index in [1.54, 1.807) is 0 Å². The molecule has 0 saturated carbocycles. The zero-order valence-corrected chi connectivity index (χ0v) is 9.70. The standard InChI is InChI=1S/C14H17NO/c1-11-4-2-6-13(15-11)9-8-12-5-3-7-14(16)10-12/h2,4,6,10H,3,5,7-9H2,1H3. The van der Waals surface area contributed by atoms with E-state index in [4.69, 9.17) is 0 Å². The highest BCUT2D eigenvalue weighted by atomic mass is 16.1. The third-order valence-corrected chi connectivity index (χ3v) is 2.93. The van der Waals surface area contributed by atoms with Gasteiger partial charge >= 0.3 is 0 Å². The van der Waals surface area contributed by atoms with Crippen molar-refractivity contribution in [3.63, 3.8) is 0 Å². The van der Waals surface area contributed by atoms with E-state index < -0.39 is 0 Å². The predicted molar refractivity (Wildman–Crippen MR) is 64.2 cm³/mol. The van der Waals surface area contributed by atoms with Crippen molar-refractivity contribution < 1.29 is 4.79 Å². The van der Waals surface area contributed by atoms with Crippen LogP contribution in [0.1, 0.15) is 37.1 Å². The summed E-state index contributed by atoms with van der Waals surface area (Å²) in [5.74, 6) is 0.290. The summed E-state index contributed by atoms with van der Waals surface area (Å²) in [5.41, 5.74) is 3.48. The minimum absolute atomic E-state index is 0.290. The molecule has 0 bridgehead atoms. The molecule has 1 heterocycles. The maximum atomic E-state index is 11.2. The zero-order chi connectivity index (χ0) is 11.4. The van der Waals surface area contributed by atoms with Crippen LogP contribution in [0.5, 0.6) is 0 Å². The monoisotopic (exact) mass is 215 g/mol. The van der Waals surface area contributed by atoms with E-state index in [0.29, 0.717) is 5.78 Å². The van der Waals surface area contributed by atoms with E-state index in [1.807, 2.05) is 25.1 Å². The van der Waals surface area contributed by atoms with Gasteiger partial charge in [0.15, 0.2) is 5.78 Å². The lowest BCUT2D eigenvalue weighted by molar-refractivity contribution is -0.115. The first kappa shape index (κ1) is 11.1. The van der Waals surface area contributed by atoms with Crippen LogP contribution in [-0.2, 0) is 11.2 Å². The molecule has 0 amide bonds. The van der Waals surface area contributed by atoms with Gasteiger partial charge in [-0.05, 0) is 50.8 Å². The molecule has 0 N–H and O–H groups in total. The molecule has 1 aliphatic rings. The number of carbonyl (C=O) groups is 1. The van der Waals surface area contributed by atoms with E-state index in [1.165, 1.54) is 5.57 Å². The Labute approximate surface area is 96.4 Å². The maximum Gasteiger partial charge on any atom is 0.155 e. The number of hydrogen-bond donors (Lipinski definition) is 0. The van der Waals surface area contributed by atoms with E-state index in [9.17, 15) is 4.79 Å². The molecule has 0 aliphatic heterocycles. The number of aromatic nitrogens is 1. The minimum atomic E-state index is 0.290. The highest BCUT2D eigenvalue weighted by molar-refractivity contribution is 5.91. The van der Waals surface area contributed by atoms with Crippen molar-refractivity contribution in [3.8, 4) is 0 Å². The van der Waals surface area contributed by atoms with Gasteiger partial charge < -0.3 is 0 Å². The highest BCUT2D eigenvalue weighted by Crippen LogP contribution is 2.19.